The fourth-order valence-electron chi connectivity index (χ4n) is 2.20. The van der Waals surface area contributed by atoms with Crippen molar-refractivity contribution in [2.45, 2.75) is 25.5 Å². The third kappa shape index (κ3) is 3.22. The Kier molecular flexibility index (Phi) is 4.58. The van der Waals surface area contributed by atoms with Gasteiger partial charge in [0.15, 0.2) is 0 Å². The van der Waals surface area contributed by atoms with E-state index < -0.39 is 6.10 Å². The van der Waals surface area contributed by atoms with E-state index in [9.17, 15) is 5.11 Å². The van der Waals surface area contributed by atoms with Crippen LogP contribution < -0.4 is 10.1 Å². The van der Waals surface area contributed by atoms with Gasteiger partial charge in [0.25, 0.3) is 0 Å². The summed E-state index contributed by atoms with van der Waals surface area (Å²) in [5.41, 5.74) is 1.96. The van der Waals surface area contributed by atoms with E-state index in [1.54, 1.807) is 7.11 Å². The van der Waals surface area contributed by atoms with Crippen molar-refractivity contribution in [3.63, 3.8) is 0 Å². The minimum atomic E-state index is -0.555. The number of ether oxygens (including phenoxy) is 2. The molecule has 1 aliphatic heterocycles. The van der Waals surface area contributed by atoms with Crippen LogP contribution in [0.2, 0.25) is 0 Å². The van der Waals surface area contributed by atoms with Gasteiger partial charge >= 0.3 is 0 Å². The topological polar surface area (TPSA) is 50.7 Å². The van der Waals surface area contributed by atoms with Crippen LogP contribution in [-0.2, 0) is 4.74 Å². The lowest BCUT2D eigenvalue weighted by molar-refractivity contribution is 0.158. The van der Waals surface area contributed by atoms with Gasteiger partial charge < -0.3 is 19.9 Å². The van der Waals surface area contributed by atoms with Crippen LogP contribution in [0.15, 0.2) is 18.2 Å². The third-order valence-corrected chi connectivity index (χ3v) is 3.27. The van der Waals surface area contributed by atoms with E-state index in [0.29, 0.717) is 12.6 Å². The SMILES string of the molecule is COc1ccc(C)cc1C(O)CNC1CCOC1. The molecule has 0 amide bonds. The van der Waals surface area contributed by atoms with Crippen molar-refractivity contribution >= 4 is 0 Å². The van der Waals surface area contributed by atoms with Gasteiger partial charge in [-0.1, -0.05) is 11.6 Å². The summed E-state index contributed by atoms with van der Waals surface area (Å²) in [7, 11) is 1.62. The van der Waals surface area contributed by atoms with Crippen LogP contribution in [-0.4, -0.2) is 38.0 Å². The summed E-state index contributed by atoms with van der Waals surface area (Å²) >= 11 is 0. The van der Waals surface area contributed by atoms with Crippen LogP contribution >= 0.6 is 0 Å². The van der Waals surface area contributed by atoms with Crippen molar-refractivity contribution < 1.29 is 14.6 Å². The second-order valence-electron chi connectivity index (χ2n) is 4.73. The van der Waals surface area contributed by atoms with Crippen LogP contribution in [0.1, 0.15) is 23.7 Å². The maximum absolute atomic E-state index is 10.2. The molecular weight excluding hydrogens is 230 g/mol. The normalized spacial score (nSPS) is 20.9. The summed E-state index contributed by atoms with van der Waals surface area (Å²) in [6, 6.07) is 6.20. The number of aliphatic hydroxyl groups excluding tert-OH is 1. The Labute approximate surface area is 108 Å². The molecule has 1 fully saturated rings. The van der Waals surface area contributed by atoms with Crippen molar-refractivity contribution in [1.29, 1.82) is 0 Å². The zero-order chi connectivity index (χ0) is 13.0. The van der Waals surface area contributed by atoms with Crippen molar-refractivity contribution in [1.82, 2.24) is 5.32 Å². The molecule has 0 aliphatic carbocycles. The zero-order valence-corrected chi connectivity index (χ0v) is 11.0. The molecule has 2 unspecified atom stereocenters. The lowest BCUT2D eigenvalue weighted by Crippen LogP contribution is -2.33. The fraction of sp³-hybridized carbons (Fsp3) is 0.571. The standard InChI is InChI=1S/C14H21NO3/c1-10-3-4-14(17-2)12(7-10)13(16)8-15-11-5-6-18-9-11/h3-4,7,11,13,15-16H,5-6,8-9H2,1-2H3. The largest absolute Gasteiger partial charge is 0.496 e. The van der Waals surface area contributed by atoms with Crippen LogP contribution in [0.25, 0.3) is 0 Å². The first kappa shape index (κ1) is 13.3. The first-order chi connectivity index (χ1) is 8.70. The third-order valence-electron chi connectivity index (χ3n) is 3.27. The Hall–Kier alpha value is -1.10. The second kappa shape index (κ2) is 6.18. The van der Waals surface area contributed by atoms with E-state index in [-0.39, 0.29) is 0 Å². The second-order valence-corrected chi connectivity index (χ2v) is 4.73. The van der Waals surface area contributed by atoms with E-state index in [1.807, 2.05) is 25.1 Å². The molecule has 4 nitrogen and oxygen atoms in total. The maximum atomic E-state index is 10.2. The molecule has 2 rings (SSSR count). The summed E-state index contributed by atoms with van der Waals surface area (Å²) in [5, 5.41) is 13.6. The molecule has 2 atom stereocenters. The predicted molar refractivity (Wildman–Crippen MR) is 69.9 cm³/mol. The molecule has 1 heterocycles. The Bertz CT molecular complexity index is 389. The van der Waals surface area contributed by atoms with Gasteiger partial charge in [0, 0.05) is 24.8 Å². The fourth-order valence-corrected chi connectivity index (χ4v) is 2.20. The average Bonchev–Trinajstić information content (AvgIpc) is 2.89. The number of methoxy groups -OCH3 is 1. The Balaban J connectivity index is 1.98. The van der Waals surface area contributed by atoms with Crippen molar-refractivity contribution in [3.8, 4) is 5.75 Å². The summed E-state index contributed by atoms with van der Waals surface area (Å²) in [4.78, 5) is 0. The quantitative estimate of drug-likeness (QED) is 0.831. The van der Waals surface area contributed by atoms with Gasteiger partial charge in [-0.15, -0.1) is 0 Å². The molecule has 0 bridgehead atoms. The van der Waals surface area contributed by atoms with Crippen LogP contribution in [0.5, 0.6) is 5.75 Å². The molecule has 2 N–H and O–H groups in total. The summed E-state index contributed by atoms with van der Waals surface area (Å²) in [6.45, 7) is 4.07. The maximum Gasteiger partial charge on any atom is 0.124 e. The van der Waals surface area contributed by atoms with Crippen molar-refractivity contribution in [2.75, 3.05) is 26.9 Å². The number of benzene rings is 1. The molecule has 100 valence electrons. The minimum absolute atomic E-state index is 0.357. The lowest BCUT2D eigenvalue weighted by atomic mass is 10.0. The van der Waals surface area contributed by atoms with Crippen molar-refractivity contribution in [3.05, 3.63) is 29.3 Å². The van der Waals surface area contributed by atoms with Gasteiger partial charge in [-0.05, 0) is 25.5 Å². The smallest absolute Gasteiger partial charge is 0.124 e. The number of hydrogen-bond donors (Lipinski definition) is 2. The minimum Gasteiger partial charge on any atom is -0.496 e. The first-order valence-electron chi connectivity index (χ1n) is 6.34. The molecule has 0 spiro atoms. The molecule has 0 aromatic heterocycles. The molecule has 0 radical (unpaired) electrons. The van der Waals surface area contributed by atoms with E-state index in [1.165, 1.54) is 0 Å². The molecule has 0 saturated carbocycles. The van der Waals surface area contributed by atoms with Gasteiger partial charge in [0.2, 0.25) is 0 Å². The molecular formula is C14H21NO3. The number of aryl methyl sites for hydroxylation is 1. The van der Waals surface area contributed by atoms with E-state index >= 15 is 0 Å². The van der Waals surface area contributed by atoms with E-state index in [0.717, 1.165) is 36.5 Å². The monoisotopic (exact) mass is 251 g/mol. The first-order valence-corrected chi connectivity index (χ1v) is 6.34. The van der Waals surface area contributed by atoms with Gasteiger partial charge in [-0.3, -0.25) is 0 Å². The average molecular weight is 251 g/mol. The molecule has 18 heavy (non-hydrogen) atoms. The van der Waals surface area contributed by atoms with Crippen LogP contribution in [0, 0.1) is 6.92 Å². The van der Waals surface area contributed by atoms with Gasteiger partial charge in [-0.25, -0.2) is 0 Å². The number of aliphatic hydroxyl groups is 1. The van der Waals surface area contributed by atoms with E-state index in [4.69, 9.17) is 9.47 Å². The van der Waals surface area contributed by atoms with Gasteiger partial charge in [0.1, 0.15) is 5.75 Å². The highest BCUT2D eigenvalue weighted by Gasteiger charge is 2.18. The molecule has 1 saturated heterocycles. The molecule has 4 heteroatoms. The van der Waals surface area contributed by atoms with Gasteiger partial charge in [0.05, 0.1) is 19.8 Å². The van der Waals surface area contributed by atoms with E-state index in [2.05, 4.69) is 5.32 Å². The highest BCUT2D eigenvalue weighted by atomic mass is 16.5. The summed E-state index contributed by atoms with van der Waals surface area (Å²) in [5.74, 6) is 0.734. The van der Waals surface area contributed by atoms with Gasteiger partial charge in [-0.2, -0.15) is 0 Å². The zero-order valence-electron chi connectivity index (χ0n) is 11.0. The Morgan fingerprint density at radius 3 is 3.06 bits per heavy atom. The predicted octanol–water partition coefficient (Wildman–Crippen LogP) is 1.42. The highest BCUT2D eigenvalue weighted by Crippen LogP contribution is 2.26. The van der Waals surface area contributed by atoms with Crippen molar-refractivity contribution in [2.24, 2.45) is 0 Å². The number of nitrogens with one attached hydrogen (secondary N) is 1. The number of rotatable bonds is 5. The Morgan fingerprint density at radius 2 is 2.39 bits per heavy atom. The summed E-state index contributed by atoms with van der Waals surface area (Å²) < 4.78 is 10.6. The Morgan fingerprint density at radius 1 is 1.56 bits per heavy atom. The van der Waals surface area contributed by atoms with Crippen LogP contribution in [0.3, 0.4) is 0 Å². The van der Waals surface area contributed by atoms with Crippen LogP contribution in [0.4, 0.5) is 0 Å². The summed E-state index contributed by atoms with van der Waals surface area (Å²) in [6.07, 6.45) is 0.456. The molecule has 1 aromatic rings. The lowest BCUT2D eigenvalue weighted by Gasteiger charge is -2.18. The molecule has 1 aromatic carbocycles. The highest BCUT2D eigenvalue weighted by molar-refractivity contribution is 5.38. The number of hydrogen-bond acceptors (Lipinski definition) is 4. The molecule has 1 aliphatic rings.